The highest BCUT2D eigenvalue weighted by Crippen LogP contribution is 2.32. The van der Waals surface area contributed by atoms with E-state index in [-0.39, 0.29) is 54.8 Å². The van der Waals surface area contributed by atoms with Gasteiger partial charge in [0.15, 0.2) is 5.69 Å². The molecule has 4 atom stereocenters. The third-order valence-electron chi connectivity index (χ3n) is 7.22. The first kappa shape index (κ1) is 26.4. The third-order valence-corrected chi connectivity index (χ3v) is 7.22. The number of aromatic nitrogens is 1. The highest BCUT2D eigenvalue weighted by molar-refractivity contribution is 6.04. The first-order valence-corrected chi connectivity index (χ1v) is 13.1. The molecule has 3 aromatic rings. The van der Waals surface area contributed by atoms with Gasteiger partial charge < -0.3 is 29.5 Å². The van der Waals surface area contributed by atoms with Gasteiger partial charge in [0.1, 0.15) is 24.2 Å². The van der Waals surface area contributed by atoms with Gasteiger partial charge in [0.2, 0.25) is 5.91 Å². The minimum atomic E-state index is -0.437. The number of hydrogen-bond donors (Lipinski definition) is 2. The lowest BCUT2D eigenvalue weighted by Crippen LogP contribution is -2.54. The van der Waals surface area contributed by atoms with E-state index >= 15 is 0 Å². The number of carbonyl (C=O) groups is 3. The van der Waals surface area contributed by atoms with E-state index < -0.39 is 5.91 Å². The number of nitrogens with zero attached hydrogens (tertiary/aromatic N) is 2. The van der Waals surface area contributed by atoms with E-state index in [0.717, 1.165) is 5.56 Å². The SMILES string of the molecule is Cc1cc(C(=O)Nc2ccc3c(c2)C(=O)N(C)[C@@H]2CC[C@H](CC(=O)N[C@H](C)c4ccccc4)O[C@H]2CO3)no1. The van der Waals surface area contributed by atoms with Crippen LogP contribution in [0.3, 0.4) is 0 Å². The topological polar surface area (TPSA) is 123 Å². The predicted octanol–water partition coefficient (Wildman–Crippen LogP) is 3.88. The van der Waals surface area contributed by atoms with Crippen molar-refractivity contribution in [1.29, 1.82) is 0 Å². The van der Waals surface area contributed by atoms with Crippen LogP contribution in [0.1, 0.15) is 64.4 Å². The average Bonchev–Trinajstić information content (AvgIpc) is 3.38. The van der Waals surface area contributed by atoms with Gasteiger partial charge in [-0.3, -0.25) is 14.4 Å². The Morgan fingerprint density at radius 1 is 1.13 bits per heavy atom. The zero-order valence-corrected chi connectivity index (χ0v) is 22.2. The van der Waals surface area contributed by atoms with E-state index in [2.05, 4.69) is 15.8 Å². The molecule has 2 aliphatic rings. The Hall–Kier alpha value is -4.18. The Kier molecular flexibility index (Phi) is 7.65. The number of nitrogens with one attached hydrogen (secondary N) is 2. The Morgan fingerprint density at radius 2 is 1.92 bits per heavy atom. The molecule has 0 spiro atoms. The summed E-state index contributed by atoms with van der Waals surface area (Å²) < 4.78 is 17.3. The van der Waals surface area contributed by atoms with Gasteiger partial charge in [-0.1, -0.05) is 35.5 Å². The standard InChI is InChI=1S/C29H32N4O6/c1-17-13-23(32-39-17)28(35)31-20-9-12-25-22(14-20)29(36)33(3)24-11-10-21(38-26(24)16-37-25)15-27(34)30-18(2)19-7-5-4-6-8-19/h4-9,12-14,18,21,24,26H,10-11,15-16H2,1-3H3,(H,30,34)(H,31,35)/t18-,21-,24-,26+/m1/s1. The van der Waals surface area contributed by atoms with Crippen molar-refractivity contribution in [2.45, 2.75) is 57.4 Å². The number of rotatable bonds is 6. The summed E-state index contributed by atoms with van der Waals surface area (Å²) >= 11 is 0. The molecule has 39 heavy (non-hydrogen) atoms. The smallest absolute Gasteiger partial charge is 0.277 e. The molecule has 0 aliphatic carbocycles. The summed E-state index contributed by atoms with van der Waals surface area (Å²) in [4.78, 5) is 40.3. The molecule has 0 bridgehead atoms. The molecule has 3 amide bonds. The minimum absolute atomic E-state index is 0.0771. The Balaban J connectivity index is 1.23. The lowest BCUT2D eigenvalue weighted by atomic mass is 9.94. The van der Waals surface area contributed by atoms with E-state index in [1.165, 1.54) is 6.07 Å². The van der Waals surface area contributed by atoms with Crippen LogP contribution in [0.5, 0.6) is 5.75 Å². The molecule has 2 aliphatic heterocycles. The second-order valence-electron chi connectivity index (χ2n) is 10.1. The number of likely N-dealkylation sites (N-methyl/N-ethyl adjacent to an activating group) is 1. The van der Waals surface area contributed by atoms with Crippen LogP contribution in [-0.4, -0.2) is 59.7 Å². The number of anilines is 1. The van der Waals surface area contributed by atoms with Gasteiger partial charge in [0.05, 0.1) is 30.2 Å². The van der Waals surface area contributed by atoms with Gasteiger partial charge >= 0.3 is 0 Å². The maximum atomic E-state index is 13.5. The normalized spacial score (nSPS) is 21.5. The molecule has 1 fully saturated rings. The molecular weight excluding hydrogens is 500 g/mol. The number of carbonyl (C=O) groups excluding carboxylic acids is 3. The molecular formula is C29H32N4O6. The highest BCUT2D eigenvalue weighted by Gasteiger charge is 2.39. The molecule has 10 nitrogen and oxygen atoms in total. The van der Waals surface area contributed by atoms with Crippen LogP contribution >= 0.6 is 0 Å². The van der Waals surface area contributed by atoms with Crippen LogP contribution in [-0.2, 0) is 9.53 Å². The molecule has 0 unspecified atom stereocenters. The van der Waals surface area contributed by atoms with Crippen LogP contribution in [0.2, 0.25) is 0 Å². The summed E-state index contributed by atoms with van der Waals surface area (Å²) in [5.74, 6) is 0.183. The first-order chi connectivity index (χ1) is 18.8. The fraction of sp³-hybridized carbons (Fsp3) is 0.379. The predicted molar refractivity (Wildman–Crippen MR) is 143 cm³/mol. The van der Waals surface area contributed by atoms with Gasteiger partial charge in [0.25, 0.3) is 11.8 Å². The summed E-state index contributed by atoms with van der Waals surface area (Å²) in [6.07, 6.45) is 0.923. The summed E-state index contributed by atoms with van der Waals surface area (Å²) in [6, 6.07) is 16.0. The summed E-state index contributed by atoms with van der Waals surface area (Å²) in [5.41, 5.74) is 1.98. The van der Waals surface area contributed by atoms with Gasteiger partial charge in [-0.05, 0) is 50.5 Å². The Morgan fingerprint density at radius 3 is 2.67 bits per heavy atom. The lowest BCUT2D eigenvalue weighted by molar-refractivity contribution is -0.134. The molecule has 3 heterocycles. The van der Waals surface area contributed by atoms with Crippen LogP contribution in [0.4, 0.5) is 5.69 Å². The molecule has 204 valence electrons. The number of ether oxygens (including phenoxy) is 2. The molecule has 0 radical (unpaired) electrons. The molecule has 1 saturated heterocycles. The molecule has 2 N–H and O–H groups in total. The van der Waals surface area contributed by atoms with Crippen molar-refractivity contribution in [3.05, 3.63) is 77.2 Å². The number of fused-ring (bicyclic) bond motifs is 2. The number of amides is 3. The van der Waals surface area contributed by atoms with Crippen molar-refractivity contribution in [2.75, 3.05) is 19.0 Å². The van der Waals surface area contributed by atoms with E-state index in [4.69, 9.17) is 14.0 Å². The van der Waals surface area contributed by atoms with Crippen LogP contribution in [0.15, 0.2) is 59.1 Å². The maximum Gasteiger partial charge on any atom is 0.277 e. The first-order valence-electron chi connectivity index (χ1n) is 13.1. The quantitative estimate of drug-likeness (QED) is 0.494. The second kappa shape index (κ2) is 11.3. The number of benzene rings is 2. The van der Waals surface area contributed by atoms with E-state index in [9.17, 15) is 14.4 Å². The molecule has 0 saturated carbocycles. The van der Waals surface area contributed by atoms with E-state index in [1.807, 2.05) is 37.3 Å². The maximum absolute atomic E-state index is 13.5. The van der Waals surface area contributed by atoms with Gasteiger partial charge in [0, 0.05) is 18.8 Å². The summed E-state index contributed by atoms with van der Waals surface area (Å²) in [5, 5.41) is 9.51. The second-order valence-corrected chi connectivity index (χ2v) is 10.1. The van der Waals surface area contributed by atoms with Crippen molar-refractivity contribution < 1.29 is 28.4 Å². The van der Waals surface area contributed by atoms with Gasteiger partial charge in [-0.2, -0.15) is 0 Å². The van der Waals surface area contributed by atoms with E-state index in [1.54, 1.807) is 37.1 Å². The Labute approximate surface area is 226 Å². The number of hydrogen-bond acceptors (Lipinski definition) is 7. The lowest BCUT2D eigenvalue weighted by Gasteiger charge is -2.42. The van der Waals surface area contributed by atoms with Crippen LogP contribution in [0.25, 0.3) is 0 Å². The summed E-state index contributed by atoms with van der Waals surface area (Å²) in [6.45, 7) is 3.89. The fourth-order valence-electron chi connectivity index (χ4n) is 5.11. The average molecular weight is 533 g/mol. The van der Waals surface area contributed by atoms with Crippen molar-refractivity contribution >= 4 is 23.4 Å². The number of aryl methyl sites for hydroxylation is 1. The molecule has 1 aromatic heterocycles. The van der Waals surface area contributed by atoms with Crippen molar-refractivity contribution in [3.63, 3.8) is 0 Å². The monoisotopic (exact) mass is 532 g/mol. The molecule has 10 heteroatoms. The zero-order chi connectivity index (χ0) is 27.5. The van der Waals surface area contributed by atoms with Gasteiger partial charge in [-0.15, -0.1) is 0 Å². The highest BCUT2D eigenvalue weighted by atomic mass is 16.5. The molecule has 5 rings (SSSR count). The summed E-state index contributed by atoms with van der Waals surface area (Å²) in [7, 11) is 1.75. The largest absolute Gasteiger partial charge is 0.490 e. The van der Waals surface area contributed by atoms with Crippen molar-refractivity contribution in [2.24, 2.45) is 0 Å². The Bertz CT molecular complexity index is 1360. The molecule has 2 aromatic carbocycles. The van der Waals surface area contributed by atoms with Gasteiger partial charge in [-0.25, -0.2) is 0 Å². The van der Waals surface area contributed by atoms with Crippen LogP contribution in [0, 0.1) is 6.92 Å². The fourth-order valence-corrected chi connectivity index (χ4v) is 5.11. The third kappa shape index (κ3) is 5.96. The zero-order valence-electron chi connectivity index (χ0n) is 22.2. The minimum Gasteiger partial charge on any atom is -0.490 e. The van der Waals surface area contributed by atoms with Crippen LogP contribution < -0.4 is 15.4 Å². The van der Waals surface area contributed by atoms with Crippen molar-refractivity contribution in [3.8, 4) is 5.75 Å². The van der Waals surface area contributed by atoms with E-state index in [0.29, 0.717) is 35.6 Å². The van der Waals surface area contributed by atoms with Crippen molar-refractivity contribution in [1.82, 2.24) is 15.4 Å².